The number of alkyl halides is 3. The first kappa shape index (κ1) is 30.4. The maximum Gasteiger partial charge on any atom is 0.416 e. The molecule has 218 valence electrons. The summed E-state index contributed by atoms with van der Waals surface area (Å²) in [7, 11) is -1.95. The van der Waals surface area contributed by atoms with Crippen LogP contribution in [0.5, 0.6) is 0 Å². The smallest absolute Gasteiger partial charge is 0.416 e. The Balaban J connectivity index is 1.55. The zero-order valence-corrected chi connectivity index (χ0v) is 25.1. The largest absolute Gasteiger partial charge is 0.416 e. The molecule has 0 saturated carbocycles. The molecule has 2 heterocycles. The summed E-state index contributed by atoms with van der Waals surface area (Å²) >= 11 is 1.52. The Hall–Kier alpha value is -3.55. The SMILES string of the molecule is CC(C)(C)[Si](C)(C)OCCc1sc2ncnc(N)c2c1-c1ccc(NC(=O)Nc2cc(C(F)(F)F)ccc2F)cc1. The lowest BCUT2D eigenvalue weighted by atomic mass is 10.0. The Labute approximate surface area is 240 Å². The fourth-order valence-electron chi connectivity index (χ4n) is 3.90. The van der Waals surface area contributed by atoms with Gasteiger partial charge in [-0.05, 0) is 54.0 Å². The van der Waals surface area contributed by atoms with Crippen LogP contribution in [-0.2, 0) is 17.0 Å². The second-order valence-corrected chi connectivity index (χ2v) is 16.9. The molecule has 4 rings (SSSR count). The van der Waals surface area contributed by atoms with Gasteiger partial charge in [-0.25, -0.2) is 19.2 Å². The number of nitrogens with one attached hydrogen (secondary N) is 2. The van der Waals surface area contributed by atoms with Crippen molar-refractivity contribution in [2.75, 3.05) is 23.0 Å². The van der Waals surface area contributed by atoms with Gasteiger partial charge in [0.2, 0.25) is 0 Å². The van der Waals surface area contributed by atoms with Gasteiger partial charge in [0.1, 0.15) is 22.8 Å². The van der Waals surface area contributed by atoms with Gasteiger partial charge in [0.05, 0.1) is 16.6 Å². The number of hydrogen-bond acceptors (Lipinski definition) is 6. The summed E-state index contributed by atoms with van der Waals surface area (Å²) in [5.41, 5.74) is 6.63. The average molecular weight is 606 g/mol. The van der Waals surface area contributed by atoms with Gasteiger partial charge in [-0.3, -0.25) is 0 Å². The molecule has 0 aliphatic heterocycles. The highest BCUT2D eigenvalue weighted by Crippen LogP contribution is 2.41. The zero-order chi connectivity index (χ0) is 30.2. The van der Waals surface area contributed by atoms with E-state index in [1.807, 2.05) is 0 Å². The van der Waals surface area contributed by atoms with Crippen molar-refractivity contribution in [2.24, 2.45) is 0 Å². The van der Waals surface area contributed by atoms with E-state index < -0.39 is 37.6 Å². The molecule has 7 nitrogen and oxygen atoms in total. The number of nitrogen functional groups attached to an aromatic ring is 1. The van der Waals surface area contributed by atoms with Crippen LogP contribution in [0.2, 0.25) is 18.1 Å². The van der Waals surface area contributed by atoms with Crippen molar-refractivity contribution in [3.63, 3.8) is 0 Å². The van der Waals surface area contributed by atoms with Crippen molar-refractivity contribution in [3.8, 4) is 11.1 Å². The highest BCUT2D eigenvalue weighted by Gasteiger charge is 2.37. The van der Waals surface area contributed by atoms with Gasteiger partial charge >= 0.3 is 12.2 Å². The van der Waals surface area contributed by atoms with Gasteiger partial charge < -0.3 is 20.8 Å². The normalized spacial score (nSPS) is 12.5. The van der Waals surface area contributed by atoms with Crippen LogP contribution in [0.4, 0.5) is 39.5 Å². The molecule has 4 aromatic rings. The van der Waals surface area contributed by atoms with Crippen LogP contribution in [0, 0.1) is 5.82 Å². The maximum absolute atomic E-state index is 14.0. The highest BCUT2D eigenvalue weighted by molar-refractivity contribution is 7.19. The number of halogens is 4. The molecule has 2 amide bonds. The number of carbonyl (C=O) groups excluding carboxylic acids is 1. The number of anilines is 3. The van der Waals surface area contributed by atoms with Crippen LogP contribution in [0.25, 0.3) is 21.3 Å². The molecule has 0 saturated heterocycles. The lowest BCUT2D eigenvalue weighted by molar-refractivity contribution is -0.137. The summed E-state index contributed by atoms with van der Waals surface area (Å²) in [6.45, 7) is 11.5. The fourth-order valence-corrected chi connectivity index (χ4v) is 6.10. The Morgan fingerprint density at radius 3 is 2.37 bits per heavy atom. The summed E-state index contributed by atoms with van der Waals surface area (Å²) in [5.74, 6) is -0.639. The van der Waals surface area contributed by atoms with Gasteiger partial charge in [0.25, 0.3) is 0 Å². The molecule has 0 unspecified atom stereocenters. The first-order chi connectivity index (χ1) is 19.1. The molecule has 41 heavy (non-hydrogen) atoms. The Morgan fingerprint density at radius 2 is 1.73 bits per heavy atom. The van der Waals surface area contributed by atoms with Crippen molar-refractivity contribution in [3.05, 3.63) is 65.0 Å². The number of nitrogens with zero attached hydrogens (tertiary/aromatic N) is 2. The van der Waals surface area contributed by atoms with Gasteiger partial charge in [-0.15, -0.1) is 11.3 Å². The Kier molecular flexibility index (Phi) is 8.44. The van der Waals surface area contributed by atoms with Crippen LogP contribution >= 0.6 is 11.3 Å². The number of amides is 2. The minimum absolute atomic E-state index is 0.0773. The zero-order valence-electron chi connectivity index (χ0n) is 23.2. The summed E-state index contributed by atoms with van der Waals surface area (Å²) in [6, 6.07) is 7.76. The number of nitrogens with two attached hydrogens (primary N) is 1. The molecule has 2 aromatic heterocycles. The van der Waals surface area contributed by atoms with E-state index in [4.69, 9.17) is 10.2 Å². The minimum Gasteiger partial charge on any atom is -0.416 e. The van der Waals surface area contributed by atoms with E-state index >= 15 is 0 Å². The second kappa shape index (κ2) is 11.4. The number of aromatic nitrogens is 2. The number of rotatable bonds is 7. The lowest BCUT2D eigenvalue weighted by Crippen LogP contribution is -2.41. The van der Waals surface area contributed by atoms with Crippen LogP contribution in [0.3, 0.4) is 0 Å². The summed E-state index contributed by atoms with van der Waals surface area (Å²) in [6.07, 6.45) is -2.60. The lowest BCUT2D eigenvalue weighted by Gasteiger charge is -2.36. The molecule has 13 heteroatoms. The van der Waals surface area contributed by atoms with Crippen molar-refractivity contribution in [1.82, 2.24) is 9.97 Å². The molecule has 0 bridgehead atoms. The summed E-state index contributed by atoms with van der Waals surface area (Å²) in [4.78, 5) is 22.8. The van der Waals surface area contributed by atoms with Crippen molar-refractivity contribution < 1.29 is 26.8 Å². The standard InChI is InChI=1S/C28H31F4N5O2SSi/c1-27(2,3)41(4,5)39-13-12-21-22(23-24(33)34-15-35-25(23)40-21)16-6-9-18(10-7-16)36-26(38)37-20-14-17(28(30,31)32)8-11-19(20)29/h6-11,14-15H,12-13H2,1-5H3,(H2,33,34,35)(H2,36,37,38). The van der Waals surface area contributed by atoms with Gasteiger partial charge in [0.15, 0.2) is 8.32 Å². The quantitative estimate of drug-likeness (QED) is 0.145. The molecule has 0 spiro atoms. The molecule has 0 aliphatic carbocycles. The van der Waals surface area contributed by atoms with Gasteiger partial charge in [0, 0.05) is 29.2 Å². The van der Waals surface area contributed by atoms with E-state index in [2.05, 4.69) is 54.5 Å². The number of thiophene rings is 1. The van der Waals surface area contributed by atoms with E-state index in [0.29, 0.717) is 42.7 Å². The molecular weight excluding hydrogens is 574 g/mol. The van der Waals surface area contributed by atoms with E-state index in [1.165, 1.54) is 17.7 Å². The second-order valence-electron chi connectivity index (χ2n) is 11.0. The van der Waals surface area contributed by atoms with E-state index in [9.17, 15) is 22.4 Å². The topological polar surface area (TPSA) is 102 Å². The monoisotopic (exact) mass is 605 g/mol. The number of urea groups is 1. The number of fused-ring (bicyclic) bond motifs is 1. The third kappa shape index (κ3) is 6.85. The number of benzene rings is 2. The predicted octanol–water partition coefficient (Wildman–Crippen LogP) is 8.31. The average Bonchev–Trinajstić information content (AvgIpc) is 3.24. The van der Waals surface area contributed by atoms with Crippen LogP contribution < -0.4 is 16.4 Å². The van der Waals surface area contributed by atoms with Crippen molar-refractivity contribution >= 4 is 53.1 Å². The van der Waals surface area contributed by atoms with Gasteiger partial charge in [-0.2, -0.15) is 13.2 Å². The first-order valence-electron chi connectivity index (χ1n) is 12.8. The van der Waals surface area contributed by atoms with Crippen LogP contribution in [-0.4, -0.2) is 30.9 Å². The summed E-state index contributed by atoms with van der Waals surface area (Å²) < 4.78 is 59.4. The molecular formula is C28H31F4N5O2SSi. The highest BCUT2D eigenvalue weighted by atomic mass is 32.1. The van der Waals surface area contributed by atoms with Gasteiger partial charge in [-0.1, -0.05) is 32.9 Å². The molecule has 0 fully saturated rings. The molecule has 0 atom stereocenters. The third-order valence-electron chi connectivity index (χ3n) is 7.16. The van der Waals surface area contributed by atoms with Crippen molar-refractivity contribution in [1.29, 1.82) is 0 Å². The molecule has 0 aliphatic rings. The van der Waals surface area contributed by atoms with E-state index in [0.717, 1.165) is 26.2 Å². The number of carbonyl (C=O) groups is 1. The molecule has 0 radical (unpaired) electrons. The summed E-state index contributed by atoms with van der Waals surface area (Å²) in [5, 5.41) is 5.46. The van der Waals surface area contributed by atoms with E-state index in [-0.39, 0.29) is 5.04 Å². The molecule has 2 aromatic carbocycles. The minimum atomic E-state index is -4.67. The van der Waals surface area contributed by atoms with Crippen LogP contribution in [0.1, 0.15) is 31.2 Å². The van der Waals surface area contributed by atoms with Crippen LogP contribution in [0.15, 0.2) is 48.8 Å². The fraction of sp³-hybridized carbons (Fsp3) is 0.321. The Morgan fingerprint density at radius 1 is 1.05 bits per heavy atom. The van der Waals surface area contributed by atoms with Crippen molar-refractivity contribution in [2.45, 2.75) is 51.5 Å². The molecule has 4 N–H and O–H groups in total. The first-order valence-corrected chi connectivity index (χ1v) is 16.5. The third-order valence-corrected chi connectivity index (χ3v) is 12.9. The predicted molar refractivity (Wildman–Crippen MR) is 158 cm³/mol. The maximum atomic E-state index is 14.0. The Bertz CT molecular complexity index is 1570. The van der Waals surface area contributed by atoms with E-state index in [1.54, 1.807) is 24.3 Å². The number of hydrogen-bond donors (Lipinski definition) is 3.